The molecule has 0 aliphatic carbocycles. The number of rotatable bonds is 5. The highest BCUT2D eigenvalue weighted by atomic mass is 32.1. The van der Waals surface area contributed by atoms with Gasteiger partial charge >= 0.3 is 6.18 Å². The smallest absolute Gasteiger partial charge is 0.298 e. The fraction of sp³-hybridized carbons (Fsp3) is 0.0625. The van der Waals surface area contributed by atoms with Gasteiger partial charge in [-0.05, 0) is 29.0 Å². The second-order valence-electron chi connectivity index (χ2n) is 4.84. The number of hydrogen-bond acceptors (Lipinski definition) is 6. The molecule has 0 saturated heterocycles. The Morgan fingerprint density at radius 2 is 1.85 bits per heavy atom. The van der Waals surface area contributed by atoms with E-state index in [1.807, 2.05) is 17.5 Å². The number of carbonyl (C=O) groups is 2. The molecule has 26 heavy (non-hydrogen) atoms. The third kappa shape index (κ3) is 4.26. The number of amides is 1. The van der Waals surface area contributed by atoms with E-state index < -0.39 is 22.7 Å². The van der Waals surface area contributed by atoms with Crippen LogP contribution in [0.4, 0.5) is 18.3 Å². The molecular formula is C16H9F3N2O2S3. The molecule has 0 atom stereocenters. The van der Waals surface area contributed by atoms with Crippen LogP contribution >= 0.6 is 34.0 Å². The van der Waals surface area contributed by atoms with Crippen LogP contribution in [-0.2, 0) is 4.79 Å². The Bertz CT molecular complexity index is 942. The molecule has 0 fully saturated rings. The first kappa shape index (κ1) is 18.5. The van der Waals surface area contributed by atoms with E-state index in [0.29, 0.717) is 16.2 Å². The Morgan fingerprint density at radius 3 is 2.46 bits per heavy atom. The maximum Gasteiger partial charge on any atom is 0.455 e. The summed E-state index contributed by atoms with van der Waals surface area (Å²) in [5, 5.41) is 5.85. The molecule has 3 aromatic heterocycles. The van der Waals surface area contributed by atoms with E-state index >= 15 is 0 Å². The van der Waals surface area contributed by atoms with Crippen LogP contribution in [0.25, 0.3) is 16.6 Å². The average Bonchev–Trinajstić information content (AvgIpc) is 3.32. The molecule has 0 radical (unpaired) electrons. The summed E-state index contributed by atoms with van der Waals surface area (Å²) < 4.78 is 38.5. The number of hydrogen-bond donors (Lipinski definition) is 1. The van der Waals surface area contributed by atoms with Gasteiger partial charge in [0, 0.05) is 11.0 Å². The first-order valence-corrected chi connectivity index (χ1v) is 9.61. The van der Waals surface area contributed by atoms with E-state index in [2.05, 4.69) is 10.3 Å². The number of thiazole rings is 1. The standard InChI is InChI=1S/C16H9F3N2O2S3/c17-16(18,19)14(23)13-12(10-4-2-8-25-10)21-15(26-13)20-11(22)6-5-9-3-1-7-24-9/h1-8H,(H,20,21,22)/b6-5+. The number of anilines is 1. The van der Waals surface area contributed by atoms with E-state index in [1.54, 1.807) is 23.6 Å². The molecule has 134 valence electrons. The van der Waals surface area contributed by atoms with Crippen LogP contribution in [0.2, 0.25) is 0 Å². The van der Waals surface area contributed by atoms with Crippen molar-refractivity contribution < 1.29 is 22.8 Å². The van der Waals surface area contributed by atoms with Crippen molar-refractivity contribution in [2.45, 2.75) is 6.18 Å². The minimum absolute atomic E-state index is 0.0678. The van der Waals surface area contributed by atoms with Gasteiger partial charge in [-0.1, -0.05) is 23.5 Å². The molecule has 3 rings (SSSR count). The van der Waals surface area contributed by atoms with Crippen molar-refractivity contribution in [2.75, 3.05) is 5.32 Å². The summed E-state index contributed by atoms with van der Waals surface area (Å²) in [6, 6.07) is 6.84. The molecule has 0 spiro atoms. The SMILES string of the molecule is O=C(/C=C/c1cccs1)Nc1nc(-c2cccs2)c(C(=O)C(F)(F)F)s1. The van der Waals surface area contributed by atoms with Gasteiger partial charge in [0.05, 0.1) is 4.88 Å². The predicted octanol–water partition coefficient (Wildman–Crippen LogP) is 5.33. The van der Waals surface area contributed by atoms with Crippen LogP contribution < -0.4 is 5.32 Å². The van der Waals surface area contributed by atoms with E-state index in [4.69, 9.17) is 0 Å². The first-order valence-electron chi connectivity index (χ1n) is 7.03. The summed E-state index contributed by atoms with van der Waals surface area (Å²) in [4.78, 5) is 28.4. The zero-order chi connectivity index (χ0) is 18.7. The third-order valence-electron chi connectivity index (χ3n) is 3.02. The third-order valence-corrected chi connectivity index (χ3v) is 5.70. The Morgan fingerprint density at radius 1 is 1.12 bits per heavy atom. The molecule has 0 aromatic carbocycles. The van der Waals surface area contributed by atoms with Gasteiger partial charge in [-0.25, -0.2) is 4.98 Å². The fourth-order valence-corrected chi connectivity index (χ4v) is 4.27. The van der Waals surface area contributed by atoms with Gasteiger partial charge in [0.1, 0.15) is 10.6 Å². The van der Waals surface area contributed by atoms with Gasteiger partial charge in [-0.2, -0.15) is 13.2 Å². The summed E-state index contributed by atoms with van der Waals surface area (Å²) in [5.41, 5.74) is -0.0788. The highest BCUT2D eigenvalue weighted by Crippen LogP contribution is 2.37. The zero-order valence-electron chi connectivity index (χ0n) is 12.7. The van der Waals surface area contributed by atoms with Crippen molar-refractivity contribution in [3.63, 3.8) is 0 Å². The van der Waals surface area contributed by atoms with Crippen LogP contribution in [0.3, 0.4) is 0 Å². The summed E-state index contributed by atoms with van der Waals surface area (Å²) in [6.07, 6.45) is -2.18. The maximum atomic E-state index is 12.8. The second-order valence-corrected chi connectivity index (χ2v) is 7.76. The van der Waals surface area contributed by atoms with Crippen LogP contribution in [0.15, 0.2) is 41.1 Å². The monoisotopic (exact) mass is 414 g/mol. The van der Waals surface area contributed by atoms with E-state index in [9.17, 15) is 22.8 Å². The molecular weight excluding hydrogens is 405 g/mol. The number of halogens is 3. The van der Waals surface area contributed by atoms with Crippen molar-refractivity contribution in [1.82, 2.24) is 4.98 Å². The molecule has 0 aliphatic rings. The average molecular weight is 414 g/mol. The highest BCUT2D eigenvalue weighted by Gasteiger charge is 2.42. The number of carbonyl (C=O) groups excluding carboxylic acids is 2. The van der Waals surface area contributed by atoms with Crippen LogP contribution in [0, 0.1) is 0 Å². The molecule has 0 aliphatic heterocycles. The molecule has 0 bridgehead atoms. The van der Waals surface area contributed by atoms with Gasteiger partial charge in [0.15, 0.2) is 5.13 Å². The van der Waals surface area contributed by atoms with Crippen LogP contribution in [0.5, 0.6) is 0 Å². The van der Waals surface area contributed by atoms with Crippen molar-refractivity contribution in [3.8, 4) is 10.6 Å². The molecule has 4 nitrogen and oxygen atoms in total. The van der Waals surface area contributed by atoms with E-state index in [0.717, 1.165) is 16.2 Å². The molecule has 0 unspecified atom stereocenters. The Balaban J connectivity index is 1.86. The number of nitrogens with zero attached hydrogens (tertiary/aromatic N) is 1. The number of ketones is 1. The Kier molecular flexibility index (Phi) is 5.35. The van der Waals surface area contributed by atoms with Gasteiger partial charge in [0.2, 0.25) is 5.91 Å². The van der Waals surface area contributed by atoms with Gasteiger partial charge < -0.3 is 0 Å². The predicted molar refractivity (Wildman–Crippen MR) is 97.8 cm³/mol. The lowest BCUT2D eigenvalue weighted by Crippen LogP contribution is -2.22. The molecule has 10 heteroatoms. The molecule has 3 aromatic rings. The highest BCUT2D eigenvalue weighted by molar-refractivity contribution is 7.19. The quantitative estimate of drug-likeness (QED) is 0.453. The lowest BCUT2D eigenvalue weighted by atomic mass is 10.2. The van der Waals surface area contributed by atoms with Crippen molar-refractivity contribution >= 4 is 56.9 Å². The van der Waals surface area contributed by atoms with Gasteiger partial charge in [-0.15, -0.1) is 22.7 Å². The number of Topliss-reactive ketones (excluding diaryl/α,β-unsaturated/α-hetero) is 1. The normalized spacial score (nSPS) is 11.8. The lowest BCUT2D eigenvalue weighted by molar-refractivity contribution is -0.111. The minimum Gasteiger partial charge on any atom is -0.298 e. The van der Waals surface area contributed by atoms with Crippen LogP contribution in [-0.4, -0.2) is 22.9 Å². The molecule has 1 amide bonds. The number of alkyl halides is 3. The number of thiophene rings is 2. The fourth-order valence-electron chi connectivity index (χ4n) is 1.93. The minimum atomic E-state index is -5.01. The molecule has 1 N–H and O–H groups in total. The van der Waals surface area contributed by atoms with E-state index in [1.165, 1.54) is 17.4 Å². The van der Waals surface area contributed by atoms with Crippen molar-refractivity contribution in [2.24, 2.45) is 0 Å². The first-order chi connectivity index (χ1) is 12.3. The molecule has 3 heterocycles. The number of aromatic nitrogens is 1. The number of nitrogens with one attached hydrogen (secondary N) is 1. The Hall–Kier alpha value is -2.30. The largest absolute Gasteiger partial charge is 0.455 e. The Labute approximate surface area is 157 Å². The van der Waals surface area contributed by atoms with Crippen molar-refractivity contribution in [3.05, 3.63) is 50.9 Å². The molecule has 0 saturated carbocycles. The summed E-state index contributed by atoms with van der Waals surface area (Å²) in [7, 11) is 0. The zero-order valence-corrected chi connectivity index (χ0v) is 15.2. The van der Waals surface area contributed by atoms with Gasteiger partial charge in [-0.3, -0.25) is 14.9 Å². The maximum absolute atomic E-state index is 12.8. The van der Waals surface area contributed by atoms with Crippen LogP contribution in [0.1, 0.15) is 14.5 Å². The summed E-state index contributed by atoms with van der Waals surface area (Å²) in [6.45, 7) is 0. The summed E-state index contributed by atoms with van der Waals surface area (Å²) >= 11 is 3.10. The lowest BCUT2D eigenvalue weighted by Gasteiger charge is -2.03. The second kappa shape index (κ2) is 7.52. The van der Waals surface area contributed by atoms with Gasteiger partial charge in [0.25, 0.3) is 5.78 Å². The topological polar surface area (TPSA) is 59.1 Å². The van der Waals surface area contributed by atoms with Crippen molar-refractivity contribution in [1.29, 1.82) is 0 Å². The summed E-state index contributed by atoms with van der Waals surface area (Å²) in [5.74, 6) is -2.52. The van der Waals surface area contributed by atoms with E-state index in [-0.39, 0.29) is 10.8 Å².